The summed E-state index contributed by atoms with van der Waals surface area (Å²) in [6.07, 6.45) is 11.7. The van der Waals surface area contributed by atoms with Crippen molar-refractivity contribution in [3.63, 3.8) is 0 Å². The number of aryl methyl sites for hydroxylation is 2. The number of Topliss-reactive ketones (excluding diaryl/α,β-unsaturated/α-hetero) is 1. The van der Waals surface area contributed by atoms with Crippen LogP contribution in [0.3, 0.4) is 0 Å². The van der Waals surface area contributed by atoms with Crippen molar-refractivity contribution in [1.82, 2.24) is 40.4 Å². The van der Waals surface area contributed by atoms with Gasteiger partial charge in [-0.05, 0) is 132 Å². The summed E-state index contributed by atoms with van der Waals surface area (Å²) in [5.74, 6) is -0.0519. The molecule has 2 saturated carbocycles. The fourth-order valence-corrected chi connectivity index (χ4v) is 11.5. The molecule has 2 aliphatic carbocycles. The number of nitrogens with zero attached hydrogens (tertiary/aromatic N) is 4. The SMILES string of the molecule is Cc1c[nH]c2ncc(-c3cc4c(c(C5COCCN5)c3)CN(C(C(=O)C(N3CCc5cc(-c6cnc7[nH]cc(C)c7c6)cc(C6COCCN6)c5C3)C3(O)CC3)C3(O)CC3)CC4)cc12. The summed E-state index contributed by atoms with van der Waals surface area (Å²) in [6, 6.07) is 12.1. The van der Waals surface area contributed by atoms with Crippen molar-refractivity contribution in [1.29, 1.82) is 0 Å². The van der Waals surface area contributed by atoms with E-state index in [9.17, 15) is 10.2 Å². The normalized spacial score (nSPS) is 24.0. The van der Waals surface area contributed by atoms with Crippen LogP contribution < -0.4 is 10.6 Å². The summed E-state index contributed by atoms with van der Waals surface area (Å²) in [4.78, 5) is 36.2. The molecule has 13 nitrogen and oxygen atoms in total. The maximum absolute atomic E-state index is 15.6. The first-order chi connectivity index (χ1) is 31.1. The molecule has 0 bridgehead atoms. The van der Waals surface area contributed by atoms with E-state index in [0.717, 1.165) is 81.4 Å². The molecule has 332 valence electrons. The van der Waals surface area contributed by atoms with Crippen molar-refractivity contribution < 1.29 is 24.5 Å². The van der Waals surface area contributed by atoms with Crippen LogP contribution >= 0.6 is 0 Å². The van der Waals surface area contributed by atoms with E-state index in [1.807, 2.05) is 24.8 Å². The number of fused-ring (bicyclic) bond motifs is 4. The molecule has 6 aromatic rings. The number of pyridine rings is 2. The average Bonchev–Trinajstić information content (AvgIpc) is 4.18. The lowest BCUT2D eigenvalue weighted by Crippen LogP contribution is -2.62. The molecular weight excluding hydrogens is 805 g/mol. The Balaban J connectivity index is 0.880. The van der Waals surface area contributed by atoms with Gasteiger partial charge in [-0.1, -0.05) is 12.1 Å². The monoisotopic (exact) mass is 862 g/mol. The number of aromatic amines is 2. The van der Waals surface area contributed by atoms with Gasteiger partial charge in [0.05, 0.1) is 61.8 Å². The highest BCUT2D eigenvalue weighted by Gasteiger charge is 2.61. The van der Waals surface area contributed by atoms with Gasteiger partial charge in [-0.15, -0.1) is 0 Å². The first-order valence-corrected chi connectivity index (χ1v) is 23.4. The zero-order chi connectivity index (χ0) is 43.3. The number of hydrogen-bond acceptors (Lipinski definition) is 11. The quantitative estimate of drug-likeness (QED) is 0.103. The zero-order valence-corrected chi connectivity index (χ0v) is 36.8. The molecule has 6 N–H and O–H groups in total. The zero-order valence-electron chi connectivity index (χ0n) is 36.8. The van der Waals surface area contributed by atoms with Gasteiger partial charge in [0.2, 0.25) is 0 Å². The lowest BCUT2D eigenvalue weighted by Gasteiger charge is -2.44. The van der Waals surface area contributed by atoms with Gasteiger partial charge in [-0.2, -0.15) is 0 Å². The molecule has 4 aliphatic heterocycles. The summed E-state index contributed by atoms with van der Waals surface area (Å²) in [7, 11) is 0. The van der Waals surface area contributed by atoms with Crippen molar-refractivity contribution in [2.75, 3.05) is 52.6 Å². The van der Waals surface area contributed by atoms with Gasteiger partial charge in [0.1, 0.15) is 11.3 Å². The molecule has 4 unspecified atom stereocenters. The number of ketones is 1. The molecular formula is C51H58N8O5. The predicted octanol–water partition coefficient (Wildman–Crippen LogP) is 5.48. The molecule has 13 heteroatoms. The van der Waals surface area contributed by atoms with Gasteiger partial charge >= 0.3 is 0 Å². The number of carbonyl (C=O) groups is 1. The van der Waals surface area contributed by atoms with Crippen LogP contribution in [0.1, 0.15) is 82.3 Å². The fraction of sp³-hybridized carbons (Fsp3) is 0.471. The van der Waals surface area contributed by atoms with E-state index >= 15 is 4.79 Å². The van der Waals surface area contributed by atoms with E-state index in [1.165, 1.54) is 33.4 Å². The minimum atomic E-state index is -1.13. The topological polar surface area (TPSA) is 164 Å². The number of aliphatic hydroxyl groups is 2. The molecule has 0 spiro atoms. The number of rotatable bonds is 10. The van der Waals surface area contributed by atoms with Crippen LogP contribution in [-0.4, -0.2) is 122 Å². The minimum Gasteiger partial charge on any atom is -0.388 e. The smallest absolute Gasteiger partial charge is 0.172 e. The molecule has 0 radical (unpaired) electrons. The van der Waals surface area contributed by atoms with Gasteiger partial charge in [-0.25, -0.2) is 9.97 Å². The van der Waals surface area contributed by atoms with Crippen molar-refractivity contribution in [3.05, 3.63) is 106 Å². The lowest BCUT2D eigenvalue weighted by atomic mass is 9.83. The van der Waals surface area contributed by atoms with Crippen molar-refractivity contribution in [2.24, 2.45) is 0 Å². The summed E-state index contributed by atoms with van der Waals surface area (Å²) < 4.78 is 12.1. The average molecular weight is 863 g/mol. The third kappa shape index (κ3) is 7.12. The summed E-state index contributed by atoms with van der Waals surface area (Å²) in [6.45, 7) is 10.5. The largest absolute Gasteiger partial charge is 0.388 e. The molecule has 4 atom stereocenters. The molecule has 0 amide bonds. The summed E-state index contributed by atoms with van der Waals surface area (Å²) in [5.41, 5.74) is 13.5. The van der Waals surface area contributed by atoms with Crippen LogP contribution in [0.2, 0.25) is 0 Å². The maximum atomic E-state index is 15.6. The summed E-state index contributed by atoms with van der Waals surface area (Å²) >= 11 is 0. The Morgan fingerprint density at radius 1 is 0.672 bits per heavy atom. The Morgan fingerprint density at radius 2 is 1.12 bits per heavy atom. The van der Waals surface area contributed by atoms with Crippen LogP contribution in [-0.2, 0) is 40.2 Å². The van der Waals surface area contributed by atoms with Crippen molar-refractivity contribution >= 4 is 27.9 Å². The highest BCUT2D eigenvalue weighted by atomic mass is 16.5. The van der Waals surface area contributed by atoms with Gasteiger partial charge in [0.25, 0.3) is 0 Å². The second kappa shape index (κ2) is 15.7. The van der Waals surface area contributed by atoms with E-state index in [-0.39, 0.29) is 17.9 Å². The van der Waals surface area contributed by atoms with E-state index < -0.39 is 23.3 Å². The molecule has 4 aromatic heterocycles. The first-order valence-electron chi connectivity index (χ1n) is 23.4. The van der Waals surface area contributed by atoms with E-state index in [4.69, 9.17) is 19.4 Å². The number of morpholine rings is 2. The molecule has 2 saturated heterocycles. The Bertz CT molecular complexity index is 2610. The van der Waals surface area contributed by atoms with E-state index in [1.54, 1.807) is 0 Å². The standard InChI is InChI=1S/C51H58N8O5/c1-29-21-54-48-37(29)19-35(23-56-48)33-15-31-3-11-58(25-41(31)39(17-33)43-27-63-13-9-52-43)46(50(61)5-6-50)45(60)47(51(62)7-8-51)59-12-4-32-16-34(36-20-38-30(2)22-55-49(38)57-24-36)18-40(42(32)26-59)44-28-64-14-10-53-44/h15-24,43-44,46-47,52-53,61-62H,3-14,25-28H2,1-2H3,(H,54,56)(H,55,57). The van der Waals surface area contributed by atoms with Crippen LogP contribution in [0.4, 0.5) is 0 Å². The highest BCUT2D eigenvalue weighted by Crippen LogP contribution is 2.49. The fourth-order valence-electron chi connectivity index (χ4n) is 11.5. The van der Waals surface area contributed by atoms with Crippen LogP contribution in [0.15, 0.2) is 61.2 Å². The number of hydrogen-bond donors (Lipinski definition) is 6. The number of H-pyrrole nitrogens is 2. The first kappa shape index (κ1) is 40.7. The Hall–Kier alpha value is -4.83. The van der Waals surface area contributed by atoms with Gasteiger partial charge in [-0.3, -0.25) is 14.6 Å². The van der Waals surface area contributed by atoms with Crippen LogP contribution in [0, 0.1) is 13.8 Å². The molecule has 64 heavy (non-hydrogen) atoms. The second-order valence-electron chi connectivity index (χ2n) is 19.6. The third-order valence-corrected chi connectivity index (χ3v) is 15.4. The number of benzene rings is 2. The third-order valence-electron chi connectivity index (χ3n) is 15.4. The van der Waals surface area contributed by atoms with Crippen LogP contribution in [0.25, 0.3) is 44.3 Å². The molecule has 4 fully saturated rings. The van der Waals surface area contributed by atoms with Gasteiger partial charge in [0.15, 0.2) is 5.78 Å². The maximum Gasteiger partial charge on any atom is 0.172 e. The van der Waals surface area contributed by atoms with E-state index in [0.29, 0.717) is 78.3 Å². The molecule has 2 aromatic carbocycles. The van der Waals surface area contributed by atoms with Gasteiger partial charge in [0, 0.05) is 86.0 Å². The van der Waals surface area contributed by atoms with E-state index in [2.05, 4.69) is 80.6 Å². The molecule has 8 heterocycles. The Kier molecular flexibility index (Phi) is 9.95. The minimum absolute atomic E-state index is 0.00437. The molecule has 12 rings (SSSR count). The van der Waals surface area contributed by atoms with Crippen molar-refractivity contribution in [3.8, 4) is 22.3 Å². The number of aromatic nitrogens is 4. The molecule has 6 aliphatic rings. The lowest BCUT2D eigenvalue weighted by molar-refractivity contribution is -0.142. The summed E-state index contributed by atoms with van der Waals surface area (Å²) in [5, 5.41) is 34.1. The number of nitrogens with one attached hydrogen (secondary N) is 4. The van der Waals surface area contributed by atoms with Crippen molar-refractivity contribution in [2.45, 2.75) is 101 Å². The van der Waals surface area contributed by atoms with Gasteiger partial charge < -0.3 is 40.3 Å². The highest BCUT2D eigenvalue weighted by molar-refractivity contribution is 5.93. The number of ether oxygens (including phenoxy) is 2. The predicted molar refractivity (Wildman–Crippen MR) is 245 cm³/mol. The van der Waals surface area contributed by atoms with Crippen LogP contribution in [0.5, 0.6) is 0 Å². The Morgan fingerprint density at radius 3 is 1.53 bits per heavy atom. The number of carbonyl (C=O) groups excluding carboxylic acids is 1. The Labute approximate surface area is 373 Å². The second-order valence-corrected chi connectivity index (χ2v) is 19.6.